The number of amides is 1. The van der Waals surface area contributed by atoms with Gasteiger partial charge in [0.25, 0.3) is 5.91 Å². The molecule has 0 fully saturated rings. The van der Waals surface area contributed by atoms with Crippen LogP contribution in [0.15, 0.2) is 48.8 Å². The molecule has 6 heteroatoms. The highest BCUT2D eigenvalue weighted by Crippen LogP contribution is 2.19. The van der Waals surface area contributed by atoms with Crippen molar-refractivity contribution in [3.05, 3.63) is 77.1 Å². The summed E-state index contributed by atoms with van der Waals surface area (Å²) in [6, 6.07) is 10.7. The maximum atomic E-state index is 14.4. The van der Waals surface area contributed by atoms with E-state index in [9.17, 15) is 9.18 Å². The molecule has 2 aromatic carbocycles. The van der Waals surface area contributed by atoms with Gasteiger partial charge in [-0.05, 0) is 50.1 Å². The fraction of sp³-hybridized carbons (Fsp3) is 0.238. The Hall–Kier alpha value is -3.15. The second-order valence-electron chi connectivity index (χ2n) is 6.46. The number of benzene rings is 2. The summed E-state index contributed by atoms with van der Waals surface area (Å²) < 4.78 is 21.6. The van der Waals surface area contributed by atoms with E-state index in [-0.39, 0.29) is 24.9 Å². The molecule has 27 heavy (non-hydrogen) atoms. The first kappa shape index (κ1) is 18.6. The van der Waals surface area contributed by atoms with E-state index in [0.717, 1.165) is 11.1 Å². The molecule has 1 amide bonds. The maximum absolute atomic E-state index is 14.4. The van der Waals surface area contributed by atoms with Crippen molar-refractivity contribution in [1.82, 2.24) is 14.9 Å². The molecule has 1 heterocycles. The Balaban J connectivity index is 1.56. The molecule has 0 aliphatic carbocycles. The van der Waals surface area contributed by atoms with Gasteiger partial charge in [-0.25, -0.2) is 9.37 Å². The first-order valence-corrected chi connectivity index (χ1v) is 8.69. The quantitative estimate of drug-likeness (QED) is 0.724. The maximum Gasteiger partial charge on any atom is 0.258 e. The Morgan fingerprint density at radius 2 is 2.00 bits per heavy atom. The lowest BCUT2D eigenvalue weighted by atomic mass is 10.1. The highest BCUT2D eigenvalue weighted by molar-refractivity contribution is 5.77. The van der Waals surface area contributed by atoms with Gasteiger partial charge >= 0.3 is 0 Å². The van der Waals surface area contributed by atoms with E-state index >= 15 is 0 Å². The number of carbonyl (C=O) groups excluding carboxylic acids is 1. The topological polar surface area (TPSA) is 56.1 Å². The Bertz CT molecular complexity index is 966. The van der Waals surface area contributed by atoms with E-state index in [0.29, 0.717) is 22.8 Å². The average Bonchev–Trinajstić information content (AvgIpc) is 3.05. The number of hydrogen-bond acceptors (Lipinski definition) is 3. The Kier molecular flexibility index (Phi) is 5.54. The summed E-state index contributed by atoms with van der Waals surface area (Å²) in [7, 11) is 0. The van der Waals surface area contributed by atoms with Crippen LogP contribution in [0.3, 0.4) is 0 Å². The van der Waals surface area contributed by atoms with Gasteiger partial charge in [-0.2, -0.15) is 0 Å². The highest BCUT2D eigenvalue weighted by Gasteiger charge is 2.09. The summed E-state index contributed by atoms with van der Waals surface area (Å²) in [4.78, 5) is 16.1. The summed E-state index contributed by atoms with van der Waals surface area (Å²) in [6.07, 6.45) is 3.33. The van der Waals surface area contributed by atoms with Gasteiger partial charge in [-0.15, -0.1) is 0 Å². The molecule has 0 saturated heterocycles. The third-order valence-electron chi connectivity index (χ3n) is 4.28. The molecule has 1 N–H and O–H groups in total. The zero-order chi connectivity index (χ0) is 19.4. The van der Waals surface area contributed by atoms with Crippen molar-refractivity contribution >= 4 is 5.91 Å². The Morgan fingerprint density at radius 1 is 1.19 bits per heavy atom. The van der Waals surface area contributed by atoms with Crippen LogP contribution in [0, 0.1) is 26.6 Å². The van der Waals surface area contributed by atoms with Gasteiger partial charge in [0, 0.05) is 18.9 Å². The lowest BCUT2D eigenvalue weighted by Gasteiger charge is -2.11. The highest BCUT2D eigenvalue weighted by atomic mass is 19.1. The third kappa shape index (κ3) is 4.53. The molecule has 0 aliphatic rings. The number of halogens is 1. The van der Waals surface area contributed by atoms with Crippen LogP contribution in [0.1, 0.15) is 22.5 Å². The smallest absolute Gasteiger partial charge is 0.258 e. The molecular formula is C21H22FN3O2. The van der Waals surface area contributed by atoms with Gasteiger partial charge in [-0.3, -0.25) is 4.79 Å². The van der Waals surface area contributed by atoms with Crippen molar-refractivity contribution in [2.45, 2.75) is 27.3 Å². The SMILES string of the molecule is Cc1ccc(OCC(=O)NCc2ccc(-n3ccnc3C)c(F)c2)c(C)c1. The Labute approximate surface area is 157 Å². The average molecular weight is 367 g/mol. The van der Waals surface area contributed by atoms with Gasteiger partial charge in [0.1, 0.15) is 17.4 Å². The zero-order valence-corrected chi connectivity index (χ0v) is 15.6. The zero-order valence-electron chi connectivity index (χ0n) is 15.6. The molecular weight excluding hydrogens is 345 g/mol. The van der Waals surface area contributed by atoms with Crippen molar-refractivity contribution in [3.63, 3.8) is 0 Å². The van der Waals surface area contributed by atoms with Crippen LogP contribution < -0.4 is 10.1 Å². The van der Waals surface area contributed by atoms with Gasteiger partial charge in [-0.1, -0.05) is 23.8 Å². The first-order chi connectivity index (χ1) is 12.9. The van der Waals surface area contributed by atoms with E-state index in [1.165, 1.54) is 6.07 Å². The number of aromatic nitrogens is 2. The molecule has 1 aromatic heterocycles. The molecule has 0 saturated carbocycles. The summed E-state index contributed by atoms with van der Waals surface area (Å²) in [5, 5.41) is 2.74. The van der Waals surface area contributed by atoms with Crippen LogP contribution >= 0.6 is 0 Å². The number of rotatable bonds is 6. The molecule has 5 nitrogen and oxygen atoms in total. The van der Waals surface area contributed by atoms with Crippen LogP contribution in [-0.2, 0) is 11.3 Å². The van der Waals surface area contributed by atoms with Crippen LogP contribution in [0.25, 0.3) is 5.69 Å². The number of carbonyl (C=O) groups is 1. The number of ether oxygens (including phenoxy) is 1. The second kappa shape index (κ2) is 8.03. The van der Waals surface area contributed by atoms with E-state index in [2.05, 4.69) is 10.3 Å². The predicted molar refractivity (Wildman–Crippen MR) is 102 cm³/mol. The monoisotopic (exact) mass is 367 g/mol. The Morgan fingerprint density at radius 3 is 2.67 bits per heavy atom. The van der Waals surface area contributed by atoms with E-state index in [1.807, 2.05) is 39.0 Å². The van der Waals surface area contributed by atoms with E-state index < -0.39 is 0 Å². The van der Waals surface area contributed by atoms with Gasteiger partial charge in [0.05, 0.1) is 5.69 Å². The number of imidazole rings is 1. The molecule has 0 aliphatic heterocycles. The number of hydrogen-bond donors (Lipinski definition) is 1. The predicted octanol–water partition coefficient (Wildman–Crippen LogP) is 3.63. The largest absolute Gasteiger partial charge is 0.484 e. The van der Waals surface area contributed by atoms with E-state index in [4.69, 9.17) is 4.74 Å². The fourth-order valence-corrected chi connectivity index (χ4v) is 2.84. The van der Waals surface area contributed by atoms with Gasteiger partial charge in [0.15, 0.2) is 6.61 Å². The van der Waals surface area contributed by atoms with Crippen molar-refractivity contribution < 1.29 is 13.9 Å². The minimum absolute atomic E-state index is 0.0846. The minimum atomic E-state index is -0.366. The van der Waals surface area contributed by atoms with Crippen LogP contribution in [0.4, 0.5) is 4.39 Å². The normalized spacial score (nSPS) is 10.7. The summed E-state index contributed by atoms with van der Waals surface area (Å²) >= 11 is 0. The third-order valence-corrected chi connectivity index (χ3v) is 4.28. The lowest BCUT2D eigenvalue weighted by Crippen LogP contribution is -2.28. The summed E-state index contributed by atoms with van der Waals surface area (Å²) in [5.41, 5.74) is 3.23. The first-order valence-electron chi connectivity index (χ1n) is 8.69. The molecule has 0 atom stereocenters. The van der Waals surface area contributed by atoms with Gasteiger partial charge < -0.3 is 14.6 Å². The summed E-state index contributed by atoms with van der Waals surface area (Å²) in [6.45, 7) is 5.89. The van der Waals surface area contributed by atoms with Gasteiger partial charge in [0.2, 0.25) is 0 Å². The van der Waals surface area contributed by atoms with Crippen molar-refractivity contribution in [1.29, 1.82) is 0 Å². The van der Waals surface area contributed by atoms with Crippen molar-refractivity contribution in [2.75, 3.05) is 6.61 Å². The number of nitrogens with zero attached hydrogens (tertiary/aromatic N) is 2. The molecule has 140 valence electrons. The van der Waals surface area contributed by atoms with Crippen molar-refractivity contribution in [2.24, 2.45) is 0 Å². The molecule has 0 spiro atoms. The standard InChI is InChI=1S/C21H22FN3O2/c1-14-4-7-20(15(2)10-14)27-13-21(26)24-12-17-5-6-19(18(22)11-17)25-9-8-23-16(25)3/h4-11H,12-13H2,1-3H3,(H,24,26). The molecule has 3 aromatic rings. The van der Waals surface area contributed by atoms with Crippen LogP contribution in [-0.4, -0.2) is 22.1 Å². The van der Waals surface area contributed by atoms with Crippen LogP contribution in [0.2, 0.25) is 0 Å². The molecule has 0 unspecified atom stereocenters. The van der Waals surface area contributed by atoms with Crippen molar-refractivity contribution in [3.8, 4) is 11.4 Å². The number of nitrogens with one attached hydrogen (secondary N) is 1. The lowest BCUT2D eigenvalue weighted by molar-refractivity contribution is -0.123. The molecule has 0 radical (unpaired) electrons. The molecule has 0 bridgehead atoms. The minimum Gasteiger partial charge on any atom is -0.484 e. The van der Waals surface area contributed by atoms with Crippen LogP contribution in [0.5, 0.6) is 5.75 Å². The van der Waals surface area contributed by atoms with E-state index in [1.54, 1.807) is 29.1 Å². The fourth-order valence-electron chi connectivity index (χ4n) is 2.84. The summed E-state index contributed by atoms with van der Waals surface area (Å²) in [5.74, 6) is 0.764. The molecule has 3 rings (SSSR count). The second-order valence-corrected chi connectivity index (χ2v) is 6.46. The number of aryl methyl sites for hydroxylation is 3.